The number of aromatic amines is 1. The fourth-order valence-electron chi connectivity index (χ4n) is 2.01. The number of rotatable bonds is 1. The lowest BCUT2D eigenvalue weighted by molar-refractivity contribution is 0.297. The largest absolute Gasteiger partial charge is 0.490 e. The molecule has 0 amide bonds. The van der Waals surface area contributed by atoms with Crippen LogP contribution in [-0.4, -0.2) is 22.8 Å². The van der Waals surface area contributed by atoms with E-state index in [-0.39, 0.29) is 0 Å². The van der Waals surface area contributed by atoms with E-state index in [1.807, 2.05) is 35.9 Å². The molecule has 0 atom stereocenters. The van der Waals surface area contributed by atoms with Crippen LogP contribution in [0.25, 0.3) is 5.69 Å². The van der Waals surface area contributed by atoms with Gasteiger partial charge in [-0.05, 0) is 31.3 Å². The molecular weight excluding hydrogens is 248 g/mol. The van der Waals surface area contributed by atoms with Crippen molar-refractivity contribution in [3.8, 4) is 17.2 Å². The van der Waals surface area contributed by atoms with E-state index in [9.17, 15) is 0 Å². The summed E-state index contributed by atoms with van der Waals surface area (Å²) in [7, 11) is 0. The number of hydrogen-bond acceptors (Lipinski definition) is 3. The van der Waals surface area contributed by atoms with Crippen LogP contribution in [0.2, 0.25) is 0 Å². The summed E-state index contributed by atoms with van der Waals surface area (Å²) in [6.07, 6.45) is 2.88. The fraction of sp³-hybridized carbons (Fsp3) is 0.308. The van der Waals surface area contributed by atoms with Crippen molar-refractivity contribution in [2.75, 3.05) is 13.2 Å². The topological polar surface area (TPSA) is 39.2 Å². The molecule has 5 heteroatoms. The molecule has 1 aliphatic heterocycles. The summed E-state index contributed by atoms with van der Waals surface area (Å²) < 4.78 is 13.9. The summed E-state index contributed by atoms with van der Waals surface area (Å²) in [5.41, 5.74) is 2.01. The quantitative estimate of drug-likeness (QED) is 0.803. The van der Waals surface area contributed by atoms with Crippen LogP contribution in [0, 0.1) is 11.7 Å². The fourth-order valence-corrected chi connectivity index (χ4v) is 2.33. The second-order valence-corrected chi connectivity index (χ2v) is 4.68. The maximum absolute atomic E-state index is 5.67. The van der Waals surface area contributed by atoms with Gasteiger partial charge in [0.25, 0.3) is 0 Å². The van der Waals surface area contributed by atoms with Gasteiger partial charge < -0.3 is 14.5 Å². The Bertz CT molecular complexity index is 630. The number of ether oxygens (including phenoxy) is 2. The molecule has 0 saturated heterocycles. The van der Waals surface area contributed by atoms with Gasteiger partial charge in [-0.25, -0.2) is 0 Å². The molecule has 0 bridgehead atoms. The first kappa shape index (κ1) is 11.3. The minimum absolute atomic E-state index is 0.682. The van der Waals surface area contributed by atoms with E-state index in [1.165, 1.54) is 0 Å². The summed E-state index contributed by atoms with van der Waals surface area (Å²) >= 11 is 5.27. The molecule has 0 unspecified atom stereocenters. The van der Waals surface area contributed by atoms with Gasteiger partial charge in [-0.15, -0.1) is 0 Å². The minimum atomic E-state index is 0.682. The average molecular weight is 262 g/mol. The second kappa shape index (κ2) is 4.49. The molecule has 0 fully saturated rings. The Morgan fingerprint density at radius 3 is 2.72 bits per heavy atom. The van der Waals surface area contributed by atoms with Crippen molar-refractivity contribution in [1.82, 2.24) is 9.55 Å². The Hall–Kier alpha value is -1.75. The van der Waals surface area contributed by atoms with E-state index < -0.39 is 0 Å². The zero-order valence-corrected chi connectivity index (χ0v) is 10.9. The van der Waals surface area contributed by atoms with Crippen LogP contribution in [0.15, 0.2) is 24.4 Å². The third kappa shape index (κ3) is 2.01. The molecule has 2 aromatic rings. The van der Waals surface area contributed by atoms with Gasteiger partial charge in [0, 0.05) is 24.4 Å². The van der Waals surface area contributed by atoms with E-state index in [4.69, 9.17) is 21.7 Å². The highest BCUT2D eigenvalue weighted by Gasteiger charge is 2.11. The molecule has 18 heavy (non-hydrogen) atoms. The number of imidazole rings is 1. The summed E-state index contributed by atoms with van der Waals surface area (Å²) in [5, 5.41) is 0. The van der Waals surface area contributed by atoms with E-state index >= 15 is 0 Å². The van der Waals surface area contributed by atoms with Crippen molar-refractivity contribution >= 4 is 12.2 Å². The monoisotopic (exact) mass is 262 g/mol. The maximum atomic E-state index is 5.67. The molecule has 0 saturated carbocycles. The Morgan fingerprint density at radius 2 is 2.00 bits per heavy atom. The predicted molar refractivity (Wildman–Crippen MR) is 71.3 cm³/mol. The van der Waals surface area contributed by atoms with Crippen LogP contribution < -0.4 is 9.47 Å². The van der Waals surface area contributed by atoms with Crippen molar-refractivity contribution in [3.63, 3.8) is 0 Å². The summed E-state index contributed by atoms with van der Waals surface area (Å²) in [5.74, 6) is 1.58. The lowest BCUT2D eigenvalue weighted by Crippen LogP contribution is -1.97. The number of aryl methyl sites for hydroxylation is 1. The highest BCUT2D eigenvalue weighted by molar-refractivity contribution is 7.71. The molecule has 1 N–H and O–H groups in total. The number of nitrogens with one attached hydrogen (secondary N) is 1. The first-order valence-corrected chi connectivity index (χ1v) is 6.33. The first-order valence-electron chi connectivity index (χ1n) is 5.92. The first-order chi connectivity index (χ1) is 8.74. The molecule has 2 heterocycles. The van der Waals surface area contributed by atoms with Crippen molar-refractivity contribution in [3.05, 3.63) is 34.9 Å². The zero-order chi connectivity index (χ0) is 12.5. The van der Waals surface area contributed by atoms with Crippen molar-refractivity contribution < 1.29 is 9.47 Å². The Labute approximate surface area is 110 Å². The highest BCUT2D eigenvalue weighted by Crippen LogP contribution is 2.31. The van der Waals surface area contributed by atoms with Crippen molar-refractivity contribution in [2.24, 2.45) is 0 Å². The molecule has 1 aliphatic rings. The summed E-state index contributed by atoms with van der Waals surface area (Å²) in [4.78, 5) is 3.10. The molecule has 94 valence electrons. The van der Waals surface area contributed by atoms with Gasteiger partial charge in [-0.2, -0.15) is 0 Å². The lowest BCUT2D eigenvalue weighted by Gasteiger charge is -2.09. The SMILES string of the molecule is Cc1cn(-c2ccc3c(c2)OCCCO3)c(=S)[nH]1. The number of H-pyrrole nitrogens is 1. The molecule has 1 aromatic carbocycles. The molecule has 4 nitrogen and oxygen atoms in total. The lowest BCUT2D eigenvalue weighted by atomic mass is 10.2. The van der Waals surface area contributed by atoms with Gasteiger partial charge >= 0.3 is 0 Å². The number of hydrogen-bond donors (Lipinski definition) is 1. The van der Waals surface area contributed by atoms with E-state index in [0.29, 0.717) is 18.0 Å². The van der Waals surface area contributed by atoms with Crippen molar-refractivity contribution in [1.29, 1.82) is 0 Å². The van der Waals surface area contributed by atoms with Crippen LogP contribution in [0.4, 0.5) is 0 Å². The molecule has 0 spiro atoms. The second-order valence-electron chi connectivity index (χ2n) is 4.29. The van der Waals surface area contributed by atoms with Gasteiger partial charge in [0.05, 0.1) is 18.9 Å². The van der Waals surface area contributed by atoms with Crippen LogP contribution >= 0.6 is 12.2 Å². The summed E-state index contributed by atoms with van der Waals surface area (Å²) in [6.45, 7) is 3.37. The van der Waals surface area contributed by atoms with Gasteiger partial charge in [0.15, 0.2) is 16.3 Å². The predicted octanol–water partition coefficient (Wildman–Crippen LogP) is 3.00. The van der Waals surface area contributed by atoms with E-state index in [2.05, 4.69) is 4.98 Å². The van der Waals surface area contributed by atoms with Gasteiger partial charge in [-0.3, -0.25) is 4.57 Å². The van der Waals surface area contributed by atoms with Crippen LogP contribution in [0.5, 0.6) is 11.5 Å². The number of benzene rings is 1. The third-order valence-corrected chi connectivity index (χ3v) is 3.15. The molecule has 1 aromatic heterocycles. The van der Waals surface area contributed by atoms with Gasteiger partial charge in [-0.1, -0.05) is 0 Å². The zero-order valence-electron chi connectivity index (χ0n) is 10.1. The van der Waals surface area contributed by atoms with Gasteiger partial charge in [0.2, 0.25) is 0 Å². The Morgan fingerprint density at radius 1 is 1.22 bits per heavy atom. The van der Waals surface area contributed by atoms with Crippen LogP contribution in [-0.2, 0) is 0 Å². The number of fused-ring (bicyclic) bond motifs is 1. The number of nitrogens with zero attached hydrogens (tertiary/aromatic N) is 1. The van der Waals surface area contributed by atoms with Crippen LogP contribution in [0.1, 0.15) is 12.1 Å². The van der Waals surface area contributed by atoms with E-state index in [0.717, 1.165) is 29.3 Å². The smallest absolute Gasteiger partial charge is 0.181 e. The van der Waals surface area contributed by atoms with E-state index in [1.54, 1.807) is 0 Å². The summed E-state index contributed by atoms with van der Waals surface area (Å²) in [6, 6.07) is 5.88. The van der Waals surface area contributed by atoms with Crippen LogP contribution in [0.3, 0.4) is 0 Å². The normalized spacial score (nSPS) is 14.3. The maximum Gasteiger partial charge on any atom is 0.181 e. The number of aromatic nitrogens is 2. The molecular formula is C13H14N2O2S. The Balaban J connectivity index is 2.06. The van der Waals surface area contributed by atoms with Gasteiger partial charge in [0.1, 0.15) is 0 Å². The molecule has 3 rings (SSSR count). The highest BCUT2D eigenvalue weighted by atomic mass is 32.1. The molecule has 0 radical (unpaired) electrons. The standard InChI is InChI=1S/C13H14N2O2S/c1-9-8-15(13(18)14-9)10-3-4-11-12(7-10)17-6-2-5-16-11/h3-4,7-8H,2,5-6H2,1H3,(H,14,18). The minimum Gasteiger partial charge on any atom is -0.490 e. The third-order valence-electron chi connectivity index (χ3n) is 2.85. The average Bonchev–Trinajstić information content (AvgIpc) is 2.58. The molecule has 0 aliphatic carbocycles. The Kier molecular flexibility index (Phi) is 2.83. The van der Waals surface area contributed by atoms with Crippen molar-refractivity contribution in [2.45, 2.75) is 13.3 Å².